The molecule has 0 aliphatic carbocycles. The molecular weight excluding hydrogens is 450 g/mol. The number of hydrogen-bond donors (Lipinski definition) is 0. The molecule has 4 aromatic rings. The van der Waals surface area contributed by atoms with Crippen LogP contribution < -0.4 is 9.64 Å². The number of aryl methyl sites for hydroxylation is 2. The molecule has 3 heterocycles. The number of thiazole rings is 1. The highest BCUT2D eigenvalue weighted by Crippen LogP contribution is 2.34. The third-order valence-corrected chi connectivity index (χ3v) is 7.49. The summed E-state index contributed by atoms with van der Waals surface area (Å²) in [6.45, 7) is 9.01. The number of amides is 1. The van der Waals surface area contributed by atoms with Gasteiger partial charge in [-0.2, -0.15) is 0 Å². The molecule has 0 radical (unpaired) electrons. The van der Waals surface area contributed by atoms with Crippen LogP contribution in [0, 0.1) is 13.8 Å². The zero-order valence-corrected chi connectivity index (χ0v) is 20.6. The fraction of sp³-hybridized carbons (Fsp3) is 0.385. The molecule has 1 fully saturated rings. The molecule has 7 nitrogen and oxygen atoms in total. The van der Waals surface area contributed by atoms with Gasteiger partial charge in [-0.3, -0.25) is 14.6 Å². The number of ether oxygens (including phenoxy) is 2. The molecule has 2 aromatic carbocycles. The minimum atomic E-state index is -0.186. The van der Waals surface area contributed by atoms with E-state index in [9.17, 15) is 4.79 Å². The molecule has 1 amide bonds. The van der Waals surface area contributed by atoms with Crippen molar-refractivity contribution in [2.75, 3.05) is 51.4 Å². The van der Waals surface area contributed by atoms with E-state index in [1.165, 1.54) is 5.56 Å². The van der Waals surface area contributed by atoms with Crippen molar-refractivity contribution in [3.63, 3.8) is 0 Å². The van der Waals surface area contributed by atoms with E-state index >= 15 is 0 Å². The summed E-state index contributed by atoms with van der Waals surface area (Å²) in [5.41, 5.74) is 3.88. The number of carbonyl (C=O) groups is 1. The van der Waals surface area contributed by atoms with Gasteiger partial charge in [0, 0.05) is 31.6 Å². The number of nitrogens with zero attached hydrogens (tertiary/aromatic N) is 3. The summed E-state index contributed by atoms with van der Waals surface area (Å²) < 4.78 is 18.0. The van der Waals surface area contributed by atoms with Crippen LogP contribution in [-0.4, -0.2) is 62.3 Å². The summed E-state index contributed by atoms with van der Waals surface area (Å²) in [5, 5.41) is 1.54. The van der Waals surface area contributed by atoms with E-state index in [0.717, 1.165) is 60.4 Å². The second kappa shape index (κ2) is 9.74. The molecule has 0 atom stereocenters. The van der Waals surface area contributed by atoms with Gasteiger partial charge in [0.2, 0.25) is 0 Å². The number of hydrogen-bond acceptors (Lipinski definition) is 7. The van der Waals surface area contributed by atoms with Gasteiger partial charge >= 0.3 is 0 Å². The molecule has 0 bridgehead atoms. The van der Waals surface area contributed by atoms with E-state index in [1.54, 1.807) is 29.4 Å². The van der Waals surface area contributed by atoms with E-state index in [4.69, 9.17) is 18.9 Å². The maximum Gasteiger partial charge on any atom is 0.295 e. The molecule has 2 aromatic heterocycles. The van der Waals surface area contributed by atoms with Gasteiger partial charge in [0.25, 0.3) is 5.91 Å². The van der Waals surface area contributed by atoms with Crippen LogP contribution in [0.4, 0.5) is 5.13 Å². The summed E-state index contributed by atoms with van der Waals surface area (Å²) in [7, 11) is 1.60. The summed E-state index contributed by atoms with van der Waals surface area (Å²) in [5.74, 6) is 0.716. The van der Waals surface area contributed by atoms with Crippen molar-refractivity contribution < 1.29 is 18.7 Å². The van der Waals surface area contributed by atoms with Crippen molar-refractivity contribution >= 4 is 43.6 Å². The van der Waals surface area contributed by atoms with Crippen molar-refractivity contribution in [3.05, 3.63) is 53.3 Å². The van der Waals surface area contributed by atoms with Crippen molar-refractivity contribution in [2.45, 2.75) is 20.3 Å². The monoisotopic (exact) mass is 479 g/mol. The number of carbonyl (C=O) groups excluding carboxylic acids is 1. The van der Waals surface area contributed by atoms with Crippen LogP contribution >= 0.6 is 11.3 Å². The van der Waals surface area contributed by atoms with Crippen LogP contribution in [0.2, 0.25) is 0 Å². The van der Waals surface area contributed by atoms with Crippen molar-refractivity contribution in [1.29, 1.82) is 0 Å². The number of methoxy groups -OCH3 is 1. The van der Waals surface area contributed by atoms with Crippen LogP contribution in [0.15, 0.2) is 40.8 Å². The van der Waals surface area contributed by atoms with Gasteiger partial charge in [-0.15, -0.1) is 0 Å². The summed E-state index contributed by atoms with van der Waals surface area (Å²) >= 11 is 1.55. The largest absolute Gasteiger partial charge is 0.493 e. The molecule has 8 heteroatoms. The van der Waals surface area contributed by atoms with E-state index in [0.29, 0.717) is 23.0 Å². The van der Waals surface area contributed by atoms with Crippen LogP contribution in [0.1, 0.15) is 28.1 Å². The number of anilines is 1. The number of rotatable bonds is 7. The predicted octanol–water partition coefficient (Wildman–Crippen LogP) is 5.04. The van der Waals surface area contributed by atoms with E-state index in [-0.39, 0.29) is 11.7 Å². The average molecular weight is 480 g/mol. The highest BCUT2D eigenvalue weighted by Gasteiger charge is 2.26. The fourth-order valence-electron chi connectivity index (χ4n) is 4.33. The molecule has 0 saturated carbocycles. The highest BCUT2D eigenvalue weighted by atomic mass is 32.1. The molecule has 0 N–H and O–H groups in total. The molecule has 0 unspecified atom stereocenters. The van der Waals surface area contributed by atoms with Gasteiger partial charge in [-0.25, -0.2) is 4.98 Å². The molecular formula is C26H29N3O4S. The van der Waals surface area contributed by atoms with E-state index < -0.39 is 0 Å². The fourth-order valence-corrected chi connectivity index (χ4v) is 5.38. The molecule has 34 heavy (non-hydrogen) atoms. The molecule has 1 aliphatic heterocycles. The van der Waals surface area contributed by atoms with Gasteiger partial charge in [-0.05, 0) is 49.6 Å². The topological polar surface area (TPSA) is 68.0 Å². The summed E-state index contributed by atoms with van der Waals surface area (Å²) in [6.07, 6.45) is 0.837. The third-order valence-electron chi connectivity index (χ3n) is 6.45. The number of furan rings is 1. The van der Waals surface area contributed by atoms with E-state index in [2.05, 4.69) is 30.9 Å². The smallest absolute Gasteiger partial charge is 0.295 e. The Balaban J connectivity index is 1.47. The van der Waals surface area contributed by atoms with Crippen LogP contribution in [0.25, 0.3) is 21.2 Å². The Kier molecular flexibility index (Phi) is 6.54. The molecule has 178 valence electrons. The first-order valence-corrected chi connectivity index (χ1v) is 12.4. The Morgan fingerprint density at radius 3 is 2.82 bits per heavy atom. The van der Waals surface area contributed by atoms with Gasteiger partial charge in [0.15, 0.2) is 22.2 Å². The lowest BCUT2D eigenvalue weighted by Crippen LogP contribution is -2.39. The SMILES string of the molecule is COc1cccc2cc(C(=O)N(CCCN3CCOCC3)c3nc4c(C)c(C)ccc4s3)oc12. The Hall–Kier alpha value is -2.94. The van der Waals surface area contributed by atoms with Gasteiger partial charge in [0.1, 0.15) is 0 Å². The standard InChI is InChI=1S/C26H29N3O4S/c1-17-8-9-22-23(18(17)2)27-26(34-22)29(11-5-10-28-12-14-32-15-13-28)25(30)21-16-19-6-4-7-20(31-3)24(19)33-21/h4,6-9,16H,5,10-15H2,1-3H3. The summed E-state index contributed by atoms with van der Waals surface area (Å²) in [4.78, 5) is 22.8. The second-order valence-electron chi connectivity index (χ2n) is 8.60. The number of aromatic nitrogens is 1. The normalized spacial score (nSPS) is 14.7. The minimum Gasteiger partial charge on any atom is -0.493 e. The highest BCUT2D eigenvalue weighted by molar-refractivity contribution is 7.22. The zero-order valence-electron chi connectivity index (χ0n) is 19.8. The van der Waals surface area contributed by atoms with Gasteiger partial charge < -0.3 is 13.9 Å². The van der Waals surface area contributed by atoms with Crippen LogP contribution in [0.3, 0.4) is 0 Å². The molecule has 1 aliphatic rings. The van der Waals surface area contributed by atoms with Crippen molar-refractivity contribution in [3.8, 4) is 5.75 Å². The third kappa shape index (κ3) is 4.41. The lowest BCUT2D eigenvalue weighted by Gasteiger charge is -2.27. The van der Waals surface area contributed by atoms with Gasteiger partial charge in [-0.1, -0.05) is 29.5 Å². The first-order chi connectivity index (χ1) is 16.5. The Morgan fingerprint density at radius 1 is 1.21 bits per heavy atom. The lowest BCUT2D eigenvalue weighted by atomic mass is 10.1. The lowest BCUT2D eigenvalue weighted by molar-refractivity contribution is 0.0376. The average Bonchev–Trinajstić information content (AvgIpc) is 3.49. The number of benzene rings is 2. The maximum atomic E-state index is 13.7. The number of para-hydroxylation sites is 1. The van der Waals surface area contributed by atoms with Crippen molar-refractivity contribution in [1.82, 2.24) is 9.88 Å². The van der Waals surface area contributed by atoms with Crippen LogP contribution in [-0.2, 0) is 4.74 Å². The summed E-state index contributed by atoms with van der Waals surface area (Å²) in [6, 6.07) is 11.6. The minimum absolute atomic E-state index is 0.186. The Morgan fingerprint density at radius 2 is 2.03 bits per heavy atom. The molecule has 5 rings (SSSR count). The molecule has 0 spiro atoms. The second-order valence-corrected chi connectivity index (χ2v) is 9.61. The van der Waals surface area contributed by atoms with E-state index in [1.807, 2.05) is 18.2 Å². The maximum absolute atomic E-state index is 13.7. The number of morpholine rings is 1. The van der Waals surface area contributed by atoms with Gasteiger partial charge in [0.05, 0.1) is 30.5 Å². The zero-order chi connectivity index (χ0) is 23.7. The number of fused-ring (bicyclic) bond motifs is 2. The predicted molar refractivity (Wildman–Crippen MR) is 135 cm³/mol. The first kappa shape index (κ1) is 22.8. The first-order valence-electron chi connectivity index (χ1n) is 11.6. The van der Waals surface area contributed by atoms with Crippen LogP contribution in [0.5, 0.6) is 5.75 Å². The Labute approximate surface area is 202 Å². The Bertz CT molecular complexity index is 1320. The van der Waals surface area contributed by atoms with Crippen molar-refractivity contribution in [2.24, 2.45) is 0 Å². The molecule has 1 saturated heterocycles. The quantitative estimate of drug-likeness (QED) is 0.370.